The molecule has 46 heavy (non-hydrogen) atoms. The molecule has 6 N–H and O–H groups in total. The molecule has 12 unspecified atom stereocenters. The number of nitrogens with two attached hydrogens (primary N) is 1. The van der Waals surface area contributed by atoms with Gasteiger partial charge in [0.2, 0.25) is 0 Å². The minimum absolute atomic E-state index is 0.00945. The Labute approximate surface area is 270 Å². The van der Waals surface area contributed by atoms with Gasteiger partial charge in [-0.3, -0.25) is 13.7 Å². The summed E-state index contributed by atoms with van der Waals surface area (Å²) in [5.41, 5.74) is 6.05. The zero-order valence-corrected chi connectivity index (χ0v) is 28.3. The van der Waals surface area contributed by atoms with Gasteiger partial charge in [-0.2, -0.15) is 45.7 Å². The van der Waals surface area contributed by atoms with Crippen molar-refractivity contribution in [2.24, 2.45) is 49.9 Å². The molecular weight excluding hydrogens is 667 g/mol. The van der Waals surface area contributed by atoms with Gasteiger partial charge in [-0.15, -0.1) is 0 Å². The van der Waals surface area contributed by atoms with Crippen LogP contribution >= 0.6 is 0 Å². The fourth-order valence-electron chi connectivity index (χ4n) is 8.86. The van der Waals surface area contributed by atoms with Crippen LogP contribution in [0.1, 0.15) is 77.0 Å². The molecule has 0 aliphatic heterocycles. The third-order valence-electron chi connectivity index (χ3n) is 11.4. The smallest absolute Gasteiger partial charge is 0.270 e. The highest BCUT2D eigenvalue weighted by Gasteiger charge is 2.54. The lowest BCUT2D eigenvalue weighted by Gasteiger charge is -2.47. The van der Waals surface area contributed by atoms with Crippen molar-refractivity contribution in [1.29, 1.82) is 0 Å². The lowest BCUT2D eigenvalue weighted by Crippen LogP contribution is -2.58. The lowest BCUT2D eigenvalue weighted by atomic mass is 9.66. The number of hydrogen-bond donors (Lipinski definition) is 5. The summed E-state index contributed by atoms with van der Waals surface area (Å²) < 4.78 is 108. The van der Waals surface area contributed by atoms with E-state index in [9.17, 15) is 44.0 Å². The Bertz CT molecular complexity index is 1470. The SMILES string of the molecule is COC1CCC(N=NC2CCC(N=NC3C(O)C4CC(N)C(S(=O)(=O)O)CC4CC3S(=O)(=O)O)C3CC(S(=O)(=O)O)CCC23)CC1. The number of aliphatic hydroxyl groups excluding tert-OH is 1. The minimum atomic E-state index is -4.77. The number of aliphatic hydroxyl groups is 1. The highest BCUT2D eigenvalue weighted by atomic mass is 32.2. The van der Waals surface area contributed by atoms with Crippen molar-refractivity contribution in [2.45, 2.75) is 135 Å². The first-order chi connectivity index (χ1) is 21.5. The molecule has 0 bridgehead atoms. The Morgan fingerprint density at radius 2 is 1.22 bits per heavy atom. The highest BCUT2D eigenvalue weighted by molar-refractivity contribution is 7.87. The molecule has 16 nitrogen and oxygen atoms in total. The van der Waals surface area contributed by atoms with E-state index in [2.05, 4.69) is 15.3 Å². The summed E-state index contributed by atoms with van der Waals surface area (Å²) in [4.78, 5) is 0. The molecule has 5 fully saturated rings. The summed E-state index contributed by atoms with van der Waals surface area (Å²) in [6.45, 7) is 0. The van der Waals surface area contributed by atoms with Crippen LogP contribution < -0.4 is 5.73 Å². The lowest BCUT2D eigenvalue weighted by molar-refractivity contribution is -0.00924. The molecule has 5 rings (SSSR count). The Hall–Kier alpha value is -1.19. The zero-order chi connectivity index (χ0) is 33.6. The molecule has 0 radical (unpaired) electrons. The quantitative estimate of drug-likeness (QED) is 0.179. The first-order valence-electron chi connectivity index (χ1n) is 16.1. The zero-order valence-electron chi connectivity index (χ0n) is 25.8. The predicted octanol–water partition coefficient (Wildman–Crippen LogP) is 2.05. The summed E-state index contributed by atoms with van der Waals surface area (Å²) in [7, 11) is -11.9. The van der Waals surface area contributed by atoms with E-state index in [4.69, 9.17) is 15.6 Å². The molecule has 0 aromatic rings. The number of azo groups is 2. The van der Waals surface area contributed by atoms with Crippen molar-refractivity contribution in [3.8, 4) is 0 Å². The fraction of sp³-hybridized carbons (Fsp3) is 1.00. The summed E-state index contributed by atoms with van der Waals surface area (Å²) in [6, 6.07) is -3.01. The number of nitrogens with zero attached hydrogens (tertiary/aromatic N) is 4. The van der Waals surface area contributed by atoms with Crippen LogP contribution in [0.25, 0.3) is 0 Å². The molecule has 19 heteroatoms. The van der Waals surface area contributed by atoms with Crippen LogP contribution in [0.2, 0.25) is 0 Å². The maximum absolute atomic E-state index is 12.5. The molecule has 0 saturated heterocycles. The highest BCUT2D eigenvalue weighted by Crippen LogP contribution is 2.47. The minimum Gasteiger partial charge on any atom is -0.390 e. The van der Waals surface area contributed by atoms with Gasteiger partial charge < -0.3 is 15.6 Å². The van der Waals surface area contributed by atoms with E-state index in [0.29, 0.717) is 19.3 Å². The average molecular weight is 714 g/mol. The number of rotatable bonds is 8. The maximum Gasteiger partial charge on any atom is 0.270 e. The number of fused-ring (bicyclic) bond motifs is 2. The molecule has 0 spiro atoms. The second-order valence-electron chi connectivity index (χ2n) is 14.0. The summed E-state index contributed by atoms with van der Waals surface area (Å²) in [6.07, 6.45) is 3.82. The van der Waals surface area contributed by atoms with Crippen molar-refractivity contribution in [3.05, 3.63) is 0 Å². The van der Waals surface area contributed by atoms with Crippen LogP contribution in [-0.2, 0) is 35.1 Å². The van der Waals surface area contributed by atoms with Gasteiger partial charge in [0.1, 0.15) is 16.5 Å². The summed E-state index contributed by atoms with van der Waals surface area (Å²) in [5.74, 6) is -1.76. The molecule has 5 aliphatic carbocycles. The average Bonchev–Trinajstić information content (AvgIpc) is 2.98. The van der Waals surface area contributed by atoms with Crippen molar-refractivity contribution in [1.82, 2.24) is 0 Å². The van der Waals surface area contributed by atoms with Crippen LogP contribution in [0.5, 0.6) is 0 Å². The molecule has 0 amide bonds. The molecule has 12 atom stereocenters. The normalized spacial score (nSPS) is 44.6. The van der Waals surface area contributed by atoms with Gasteiger partial charge in [0.05, 0.1) is 35.6 Å². The van der Waals surface area contributed by atoms with Crippen LogP contribution in [0.15, 0.2) is 20.5 Å². The van der Waals surface area contributed by atoms with Gasteiger partial charge in [-0.05, 0) is 101 Å². The molecule has 264 valence electrons. The molecule has 0 heterocycles. The van der Waals surface area contributed by atoms with E-state index in [1.54, 1.807) is 7.11 Å². The molecule has 5 saturated carbocycles. The van der Waals surface area contributed by atoms with E-state index in [-0.39, 0.29) is 62.1 Å². The van der Waals surface area contributed by atoms with E-state index < -0.39 is 82.2 Å². The van der Waals surface area contributed by atoms with Crippen molar-refractivity contribution in [2.75, 3.05) is 7.11 Å². The van der Waals surface area contributed by atoms with E-state index >= 15 is 0 Å². The van der Waals surface area contributed by atoms with Crippen molar-refractivity contribution < 1.29 is 48.8 Å². The molecule has 0 aromatic heterocycles. The summed E-state index contributed by atoms with van der Waals surface area (Å²) >= 11 is 0. The van der Waals surface area contributed by atoms with Gasteiger partial charge in [-0.25, -0.2) is 0 Å². The van der Waals surface area contributed by atoms with Crippen molar-refractivity contribution >= 4 is 30.4 Å². The Morgan fingerprint density at radius 3 is 1.80 bits per heavy atom. The Kier molecular flexibility index (Phi) is 11.0. The molecule has 5 aliphatic rings. The van der Waals surface area contributed by atoms with Gasteiger partial charge >= 0.3 is 0 Å². The predicted molar refractivity (Wildman–Crippen MR) is 165 cm³/mol. The van der Waals surface area contributed by atoms with Gasteiger partial charge in [0, 0.05) is 13.2 Å². The molecular formula is C27H47N5O11S3. The monoisotopic (exact) mass is 713 g/mol. The van der Waals surface area contributed by atoms with Crippen LogP contribution in [0.4, 0.5) is 0 Å². The number of ether oxygens (including phenoxy) is 1. The largest absolute Gasteiger partial charge is 0.390 e. The van der Waals surface area contributed by atoms with Crippen LogP contribution in [0, 0.1) is 23.7 Å². The van der Waals surface area contributed by atoms with Crippen LogP contribution in [-0.4, -0.2) is 109 Å². The first-order valence-corrected chi connectivity index (χ1v) is 20.6. The standard InChI is InChI=1S/C27H47N5O11S3/c1-43-16-4-2-15(3-5-16)29-30-22-8-9-23(20-12-17(44(34,35)36)6-7-18(20)22)31-32-26-25(46(40,41)42)11-14-10-24(45(37,38)39)21(28)13-19(14)27(26)33/h14-27,33H,2-13,28H2,1H3,(H,34,35,36)(H,37,38,39)(H,40,41,42). The van der Waals surface area contributed by atoms with E-state index in [1.165, 1.54) is 0 Å². The Balaban J connectivity index is 1.36. The third kappa shape index (κ3) is 7.98. The Morgan fingerprint density at radius 1 is 0.630 bits per heavy atom. The maximum atomic E-state index is 12.5. The first kappa shape index (κ1) is 36.1. The molecule has 0 aromatic carbocycles. The second kappa shape index (κ2) is 14.0. The fourth-order valence-corrected chi connectivity index (χ4v) is 11.9. The van der Waals surface area contributed by atoms with Crippen molar-refractivity contribution in [3.63, 3.8) is 0 Å². The van der Waals surface area contributed by atoms with Crippen LogP contribution in [0.3, 0.4) is 0 Å². The number of hydrogen-bond acceptors (Lipinski definition) is 13. The third-order valence-corrected chi connectivity index (χ3v) is 15.2. The van der Waals surface area contributed by atoms with E-state index in [1.807, 2.05) is 0 Å². The number of methoxy groups -OCH3 is 1. The van der Waals surface area contributed by atoms with E-state index in [0.717, 1.165) is 25.7 Å². The second-order valence-corrected chi connectivity index (χ2v) is 19.0. The topological polar surface area (TPSA) is 268 Å². The van der Waals surface area contributed by atoms with Gasteiger partial charge in [0.25, 0.3) is 30.4 Å². The summed E-state index contributed by atoms with van der Waals surface area (Å²) in [5, 5.41) is 25.6. The van der Waals surface area contributed by atoms with Gasteiger partial charge in [-0.1, -0.05) is 0 Å². The van der Waals surface area contributed by atoms with Gasteiger partial charge in [0.15, 0.2) is 0 Å².